The van der Waals surface area contributed by atoms with Crippen molar-refractivity contribution in [3.05, 3.63) is 58.8 Å². The van der Waals surface area contributed by atoms with E-state index in [0.29, 0.717) is 5.82 Å². The van der Waals surface area contributed by atoms with Crippen LogP contribution in [0.15, 0.2) is 48.7 Å². The number of nitro groups is 1. The van der Waals surface area contributed by atoms with Gasteiger partial charge >= 0.3 is 5.69 Å². The maximum atomic E-state index is 11.6. The highest BCUT2D eigenvalue weighted by atomic mass is 16.6. The Labute approximate surface area is 114 Å². The second-order valence-corrected chi connectivity index (χ2v) is 3.78. The van der Waals surface area contributed by atoms with Crippen molar-refractivity contribution in [1.82, 2.24) is 4.98 Å². The van der Waals surface area contributed by atoms with Gasteiger partial charge in [0.1, 0.15) is 5.82 Å². The number of carbonyl (C=O) groups excluding carboxylic acids is 1. The van der Waals surface area contributed by atoms with Crippen LogP contribution in [0.25, 0.3) is 0 Å². The number of nitro benzene ring substituents is 1. The first-order chi connectivity index (χ1) is 9.66. The molecule has 0 aliphatic heterocycles. The topological polar surface area (TPSA) is 94.4 Å². The molecule has 102 valence electrons. The van der Waals surface area contributed by atoms with Crippen LogP contribution in [-0.4, -0.2) is 22.4 Å². The van der Waals surface area contributed by atoms with Gasteiger partial charge in [-0.3, -0.25) is 14.9 Å². The number of ether oxygens (including phenoxy) is 1. The quantitative estimate of drug-likeness (QED) is 0.664. The molecule has 20 heavy (non-hydrogen) atoms. The molecule has 7 heteroatoms. The molecular weight excluding hydrogens is 262 g/mol. The second kappa shape index (κ2) is 6.28. The number of anilines is 1. The summed E-state index contributed by atoms with van der Waals surface area (Å²) in [5.41, 5.74) is -0.182. The molecule has 1 N–H and O–H groups in total. The Kier molecular flexibility index (Phi) is 4.23. The van der Waals surface area contributed by atoms with Gasteiger partial charge in [0.05, 0.1) is 4.92 Å². The molecule has 0 saturated heterocycles. The summed E-state index contributed by atoms with van der Waals surface area (Å²) in [6.07, 6.45) is 1.54. The van der Waals surface area contributed by atoms with E-state index < -0.39 is 10.8 Å². The normalized spacial score (nSPS) is 9.80. The predicted octanol–water partition coefficient (Wildman–Crippen LogP) is 2.01. The summed E-state index contributed by atoms with van der Waals surface area (Å²) in [6, 6.07) is 10.9. The predicted molar refractivity (Wildman–Crippen MR) is 71.5 cm³/mol. The van der Waals surface area contributed by atoms with Gasteiger partial charge in [0.15, 0.2) is 12.4 Å². The fourth-order valence-electron chi connectivity index (χ4n) is 1.49. The van der Waals surface area contributed by atoms with Crippen molar-refractivity contribution in [3.8, 4) is 5.75 Å². The lowest BCUT2D eigenvalue weighted by Crippen LogP contribution is -2.20. The molecule has 1 heterocycles. The summed E-state index contributed by atoms with van der Waals surface area (Å²) in [4.78, 5) is 25.8. The number of hydrogen-bond donors (Lipinski definition) is 1. The average molecular weight is 273 g/mol. The Hall–Kier alpha value is -2.96. The molecule has 0 atom stereocenters. The van der Waals surface area contributed by atoms with Crippen LogP contribution in [0.3, 0.4) is 0 Å². The van der Waals surface area contributed by atoms with Gasteiger partial charge in [-0.15, -0.1) is 0 Å². The third-order valence-electron chi connectivity index (χ3n) is 2.35. The third kappa shape index (κ3) is 3.52. The van der Waals surface area contributed by atoms with Crippen LogP contribution in [0.4, 0.5) is 11.5 Å². The Morgan fingerprint density at radius 2 is 2.00 bits per heavy atom. The third-order valence-corrected chi connectivity index (χ3v) is 2.35. The second-order valence-electron chi connectivity index (χ2n) is 3.78. The lowest BCUT2D eigenvalue weighted by molar-refractivity contribution is -0.385. The zero-order valence-corrected chi connectivity index (χ0v) is 10.4. The zero-order chi connectivity index (χ0) is 14.4. The zero-order valence-electron chi connectivity index (χ0n) is 10.4. The molecule has 0 fully saturated rings. The molecule has 0 spiro atoms. The number of para-hydroxylation sites is 2. The molecule has 0 saturated carbocycles. The van der Waals surface area contributed by atoms with Gasteiger partial charge in [-0.2, -0.15) is 0 Å². The molecule has 2 rings (SSSR count). The fraction of sp³-hybridized carbons (Fsp3) is 0.0769. The molecule has 7 nitrogen and oxygen atoms in total. The van der Waals surface area contributed by atoms with Crippen LogP contribution < -0.4 is 10.1 Å². The van der Waals surface area contributed by atoms with E-state index in [1.54, 1.807) is 30.5 Å². The average Bonchev–Trinajstić information content (AvgIpc) is 2.46. The van der Waals surface area contributed by atoms with Gasteiger partial charge in [-0.25, -0.2) is 4.98 Å². The van der Waals surface area contributed by atoms with Crippen LogP contribution in [0.2, 0.25) is 0 Å². The van der Waals surface area contributed by atoms with Crippen molar-refractivity contribution >= 4 is 17.4 Å². The van der Waals surface area contributed by atoms with Gasteiger partial charge in [-0.05, 0) is 18.2 Å². The van der Waals surface area contributed by atoms with Crippen molar-refractivity contribution in [2.24, 2.45) is 0 Å². The number of hydrogen-bond acceptors (Lipinski definition) is 5. The number of pyridine rings is 1. The van der Waals surface area contributed by atoms with Gasteiger partial charge in [0.25, 0.3) is 5.91 Å². The van der Waals surface area contributed by atoms with Crippen molar-refractivity contribution in [1.29, 1.82) is 0 Å². The van der Waals surface area contributed by atoms with Crippen LogP contribution in [0.5, 0.6) is 5.75 Å². The van der Waals surface area contributed by atoms with E-state index in [1.165, 1.54) is 18.2 Å². The highest BCUT2D eigenvalue weighted by molar-refractivity contribution is 5.90. The first-order valence-corrected chi connectivity index (χ1v) is 5.74. The Bertz CT molecular complexity index is 616. The number of rotatable bonds is 5. The summed E-state index contributed by atoms with van der Waals surface area (Å²) >= 11 is 0. The summed E-state index contributed by atoms with van der Waals surface area (Å²) in [6.45, 7) is -0.332. The molecule has 0 aliphatic rings. The molecule has 1 aromatic heterocycles. The maximum Gasteiger partial charge on any atom is 0.310 e. The van der Waals surface area contributed by atoms with E-state index in [-0.39, 0.29) is 18.0 Å². The summed E-state index contributed by atoms with van der Waals surface area (Å²) in [5, 5.41) is 13.3. The van der Waals surface area contributed by atoms with Crippen LogP contribution in [0, 0.1) is 10.1 Å². The molecule has 1 aromatic carbocycles. The first kappa shape index (κ1) is 13.5. The summed E-state index contributed by atoms with van der Waals surface area (Å²) in [7, 11) is 0. The van der Waals surface area contributed by atoms with Crippen molar-refractivity contribution in [2.45, 2.75) is 0 Å². The maximum absolute atomic E-state index is 11.6. The first-order valence-electron chi connectivity index (χ1n) is 5.74. The Morgan fingerprint density at radius 1 is 1.25 bits per heavy atom. The Balaban J connectivity index is 1.96. The monoisotopic (exact) mass is 273 g/mol. The number of amides is 1. The standard InChI is InChI=1S/C13H11N3O4/c17-13(15-12-7-3-4-8-14-12)9-20-11-6-2-1-5-10(11)16(18)19/h1-8H,9H2,(H,14,15,17). The van der Waals surface area contributed by atoms with E-state index >= 15 is 0 Å². The van der Waals surface area contributed by atoms with Crippen LogP contribution in [0.1, 0.15) is 0 Å². The van der Waals surface area contributed by atoms with Crippen molar-refractivity contribution < 1.29 is 14.5 Å². The Morgan fingerprint density at radius 3 is 2.70 bits per heavy atom. The largest absolute Gasteiger partial charge is 0.477 e. The van der Waals surface area contributed by atoms with E-state index in [4.69, 9.17) is 4.74 Å². The highest BCUT2D eigenvalue weighted by Gasteiger charge is 2.14. The number of benzene rings is 1. The van der Waals surface area contributed by atoms with Gasteiger partial charge in [0.2, 0.25) is 0 Å². The lowest BCUT2D eigenvalue weighted by atomic mass is 10.3. The van der Waals surface area contributed by atoms with Gasteiger partial charge in [-0.1, -0.05) is 18.2 Å². The summed E-state index contributed by atoms with van der Waals surface area (Å²) < 4.78 is 5.15. The number of aromatic nitrogens is 1. The minimum atomic E-state index is -0.564. The fourth-order valence-corrected chi connectivity index (χ4v) is 1.49. The molecular formula is C13H11N3O4. The molecule has 0 bridgehead atoms. The molecule has 0 unspecified atom stereocenters. The van der Waals surface area contributed by atoms with E-state index in [0.717, 1.165) is 0 Å². The molecule has 2 aromatic rings. The van der Waals surface area contributed by atoms with Crippen LogP contribution in [-0.2, 0) is 4.79 Å². The molecule has 1 amide bonds. The van der Waals surface area contributed by atoms with E-state index in [1.807, 2.05) is 0 Å². The van der Waals surface area contributed by atoms with Crippen molar-refractivity contribution in [3.63, 3.8) is 0 Å². The van der Waals surface area contributed by atoms with E-state index in [9.17, 15) is 14.9 Å². The van der Waals surface area contributed by atoms with Crippen molar-refractivity contribution in [2.75, 3.05) is 11.9 Å². The summed E-state index contributed by atoms with van der Waals surface area (Å²) in [5.74, 6) is -0.000756. The minimum Gasteiger partial charge on any atom is -0.477 e. The van der Waals surface area contributed by atoms with Gasteiger partial charge in [0, 0.05) is 12.3 Å². The van der Waals surface area contributed by atoms with E-state index in [2.05, 4.69) is 10.3 Å². The number of nitrogens with one attached hydrogen (secondary N) is 1. The molecule has 0 aliphatic carbocycles. The number of nitrogens with zero attached hydrogens (tertiary/aromatic N) is 2. The smallest absolute Gasteiger partial charge is 0.310 e. The van der Waals surface area contributed by atoms with Gasteiger partial charge < -0.3 is 10.1 Å². The SMILES string of the molecule is O=C(COc1ccccc1[N+](=O)[O-])Nc1ccccn1. The van der Waals surface area contributed by atoms with Crippen LogP contribution >= 0.6 is 0 Å². The molecule has 0 radical (unpaired) electrons. The highest BCUT2D eigenvalue weighted by Crippen LogP contribution is 2.25. The minimum absolute atomic E-state index is 0.0497. The number of carbonyl (C=O) groups is 1. The lowest BCUT2D eigenvalue weighted by Gasteiger charge is -2.07.